The standard InChI is InChI=1S/C13H16N4O/c1-13(2)5-10(8-18-13)16-12-11-7-14-4-3-9(11)6-15-17-12/h3-4,6-7,10H,5,8H2,1-2H3,(H,16,17)/t10-/m0/s1. The Morgan fingerprint density at radius 2 is 2.28 bits per heavy atom. The lowest BCUT2D eigenvalue weighted by Crippen LogP contribution is -2.23. The van der Waals surface area contributed by atoms with Gasteiger partial charge in [-0.3, -0.25) is 4.98 Å². The molecule has 3 rings (SSSR count). The molecular formula is C13H16N4O. The van der Waals surface area contributed by atoms with Crippen molar-refractivity contribution in [3.05, 3.63) is 24.7 Å². The van der Waals surface area contributed by atoms with Gasteiger partial charge in [0.15, 0.2) is 5.82 Å². The average Bonchev–Trinajstić information content (AvgIpc) is 2.69. The van der Waals surface area contributed by atoms with Crippen LogP contribution in [0, 0.1) is 0 Å². The van der Waals surface area contributed by atoms with Crippen molar-refractivity contribution in [3.8, 4) is 0 Å². The summed E-state index contributed by atoms with van der Waals surface area (Å²) in [5.74, 6) is 0.784. The Morgan fingerprint density at radius 3 is 3.06 bits per heavy atom. The Bertz CT molecular complexity index is 564. The molecule has 1 fully saturated rings. The minimum absolute atomic E-state index is 0.0616. The third-order valence-corrected chi connectivity index (χ3v) is 3.22. The highest BCUT2D eigenvalue weighted by Gasteiger charge is 2.32. The maximum absolute atomic E-state index is 5.71. The largest absolute Gasteiger partial charge is 0.373 e. The number of nitrogens with one attached hydrogen (secondary N) is 1. The lowest BCUT2D eigenvalue weighted by Gasteiger charge is -2.16. The van der Waals surface area contributed by atoms with Gasteiger partial charge in [0.05, 0.1) is 24.4 Å². The summed E-state index contributed by atoms with van der Waals surface area (Å²) in [7, 11) is 0. The summed E-state index contributed by atoms with van der Waals surface area (Å²) < 4.78 is 5.71. The van der Waals surface area contributed by atoms with Crippen molar-refractivity contribution in [1.29, 1.82) is 0 Å². The summed E-state index contributed by atoms with van der Waals surface area (Å²) in [6.07, 6.45) is 6.28. The summed E-state index contributed by atoms with van der Waals surface area (Å²) >= 11 is 0. The summed E-state index contributed by atoms with van der Waals surface area (Å²) in [5, 5.41) is 13.6. The molecule has 1 N–H and O–H groups in total. The molecule has 0 unspecified atom stereocenters. The van der Waals surface area contributed by atoms with E-state index in [0.29, 0.717) is 6.61 Å². The molecule has 1 saturated heterocycles. The SMILES string of the molecule is CC1(C)C[C@H](Nc2nncc3ccncc23)CO1. The van der Waals surface area contributed by atoms with Gasteiger partial charge in [-0.05, 0) is 26.3 Å². The van der Waals surface area contributed by atoms with Crippen LogP contribution in [0.4, 0.5) is 5.82 Å². The molecule has 2 aromatic heterocycles. The molecule has 2 aromatic rings. The van der Waals surface area contributed by atoms with Crippen molar-refractivity contribution >= 4 is 16.6 Å². The first-order chi connectivity index (χ1) is 8.64. The van der Waals surface area contributed by atoms with Crippen LogP contribution in [0.15, 0.2) is 24.7 Å². The highest BCUT2D eigenvalue weighted by molar-refractivity contribution is 5.90. The third kappa shape index (κ3) is 2.13. The molecule has 94 valence electrons. The predicted molar refractivity (Wildman–Crippen MR) is 69.4 cm³/mol. The molecule has 1 atom stereocenters. The van der Waals surface area contributed by atoms with Crippen molar-refractivity contribution in [3.63, 3.8) is 0 Å². The molecular weight excluding hydrogens is 228 g/mol. The molecule has 5 heteroatoms. The van der Waals surface area contributed by atoms with Gasteiger partial charge in [-0.25, -0.2) is 0 Å². The molecule has 0 amide bonds. The summed E-state index contributed by atoms with van der Waals surface area (Å²) in [4.78, 5) is 4.14. The van der Waals surface area contributed by atoms with Gasteiger partial charge in [0.1, 0.15) is 0 Å². The second-order valence-corrected chi connectivity index (χ2v) is 5.27. The number of hydrogen-bond acceptors (Lipinski definition) is 5. The average molecular weight is 244 g/mol. The van der Waals surface area contributed by atoms with Crippen molar-refractivity contribution < 1.29 is 4.74 Å². The topological polar surface area (TPSA) is 59.9 Å². The number of fused-ring (bicyclic) bond motifs is 1. The lowest BCUT2D eigenvalue weighted by molar-refractivity contribution is 0.0363. The van der Waals surface area contributed by atoms with Crippen LogP contribution in [0.1, 0.15) is 20.3 Å². The first-order valence-electron chi connectivity index (χ1n) is 6.10. The molecule has 0 bridgehead atoms. The Morgan fingerprint density at radius 1 is 1.39 bits per heavy atom. The molecule has 0 radical (unpaired) electrons. The fraction of sp³-hybridized carbons (Fsp3) is 0.462. The summed E-state index contributed by atoms with van der Waals surface area (Å²) in [6, 6.07) is 2.21. The zero-order valence-corrected chi connectivity index (χ0v) is 10.6. The van der Waals surface area contributed by atoms with E-state index in [1.54, 1.807) is 12.4 Å². The first kappa shape index (κ1) is 11.3. The second-order valence-electron chi connectivity index (χ2n) is 5.27. The Balaban J connectivity index is 1.87. The second kappa shape index (κ2) is 4.17. The minimum atomic E-state index is -0.0616. The Labute approximate surface area is 106 Å². The number of aromatic nitrogens is 3. The maximum Gasteiger partial charge on any atom is 0.158 e. The van der Waals surface area contributed by atoms with Crippen LogP contribution in [0.25, 0.3) is 10.8 Å². The maximum atomic E-state index is 5.71. The van der Waals surface area contributed by atoms with E-state index in [4.69, 9.17) is 4.74 Å². The first-order valence-corrected chi connectivity index (χ1v) is 6.10. The van der Waals surface area contributed by atoms with Gasteiger partial charge in [0.25, 0.3) is 0 Å². The molecule has 0 aromatic carbocycles. The number of nitrogens with zero attached hydrogens (tertiary/aromatic N) is 3. The summed E-state index contributed by atoms with van der Waals surface area (Å²) in [6.45, 7) is 4.90. The zero-order chi connectivity index (χ0) is 12.6. The molecule has 1 aliphatic heterocycles. The van der Waals surface area contributed by atoms with Gasteiger partial charge in [-0.1, -0.05) is 0 Å². The normalized spacial score (nSPS) is 22.2. The molecule has 0 saturated carbocycles. The fourth-order valence-corrected chi connectivity index (χ4v) is 2.35. The monoisotopic (exact) mass is 244 g/mol. The zero-order valence-electron chi connectivity index (χ0n) is 10.6. The van der Waals surface area contributed by atoms with Gasteiger partial charge in [-0.15, -0.1) is 5.10 Å². The number of pyridine rings is 1. The van der Waals surface area contributed by atoms with E-state index < -0.39 is 0 Å². The number of rotatable bonds is 2. The van der Waals surface area contributed by atoms with E-state index >= 15 is 0 Å². The van der Waals surface area contributed by atoms with E-state index in [-0.39, 0.29) is 11.6 Å². The van der Waals surface area contributed by atoms with E-state index in [9.17, 15) is 0 Å². The van der Waals surface area contributed by atoms with Crippen LogP contribution in [0.5, 0.6) is 0 Å². The molecule has 3 heterocycles. The van der Waals surface area contributed by atoms with Crippen molar-refractivity contribution in [1.82, 2.24) is 15.2 Å². The van der Waals surface area contributed by atoms with E-state index in [1.807, 2.05) is 12.3 Å². The molecule has 0 aliphatic carbocycles. The predicted octanol–water partition coefficient (Wildman–Crippen LogP) is 2.00. The highest BCUT2D eigenvalue weighted by atomic mass is 16.5. The van der Waals surface area contributed by atoms with Crippen LogP contribution in [-0.4, -0.2) is 33.4 Å². The summed E-state index contributed by atoms with van der Waals surface area (Å²) in [5.41, 5.74) is -0.0616. The molecule has 0 spiro atoms. The van der Waals surface area contributed by atoms with Gasteiger partial charge in [-0.2, -0.15) is 5.10 Å². The van der Waals surface area contributed by atoms with Gasteiger partial charge in [0.2, 0.25) is 0 Å². The smallest absolute Gasteiger partial charge is 0.158 e. The minimum Gasteiger partial charge on any atom is -0.373 e. The highest BCUT2D eigenvalue weighted by Crippen LogP contribution is 2.28. The third-order valence-electron chi connectivity index (χ3n) is 3.22. The van der Waals surface area contributed by atoms with Crippen molar-refractivity contribution in [2.75, 3.05) is 11.9 Å². The number of hydrogen-bond donors (Lipinski definition) is 1. The van der Waals surface area contributed by atoms with Gasteiger partial charge < -0.3 is 10.1 Å². The molecule has 18 heavy (non-hydrogen) atoms. The quantitative estimate of drug-likeness (QED) is 0.875. The van der Waals surface area contributed by atoms with Crippen LogP contribution >= 0.6 is 0 Å². The van der Waals surface area contributed by atoms with Crippen LogP contribution in [0.2, 0.25) is 0 Å². The Kier molecular flexibility index (Phi) is 2.63. The van der Waals surface area contributed by atoms with Crippen LogP contribution in [-0.2, 0) is 4.74 Å². The van der Waals surface area contributed by atoms with E-state index in [0.717, 1.165) is 23.0 Å². The van der Waals surface area contributed by atoms with Crippen LogP contribution in [0.3, 0.4) is 0 Å². The number of ether oxygens (including phenoxy) is 1. The van der Waals surface area contributed by atoms with Gasteiger partial charge in [0, 0.05) is 23.2 Å². The lowest BCUT2D eigenvalue weighted by atomic mass is 10.0. The fourth-order valence-electron chi connectivity index (χ4n) is 2.35. The van der Waals surface area contributed by atoms with E-state index in [2.05, 4.69) is 34.3 Å². The Hall–Kier alpha value is -1.75. The van der Waals surface area contributed by atoms with Crippen molar-refractivity contribution in [2.45, 2.75) is 31.9 Å². The molecule has 5 nitrogen and oxygen atoms in total. The molecule has 1 aliphatic rings. The van der Waals surface area contributed by atoms with Crippen molar-refractivity contribution in [2.24, 2.45) is 0 Å². The van der Waals surface area contributed by atoms with Crippen LogP contribution < -0.4 is 5.32 Å². The van der Waals surface area contributed by atoms with E-state index in [1.165, 1.54) is 0 Å². The van der Waals surface area contributed by atoms with Gasteiger partial charge >= 0.3 is 0 Å². The number of anilines is 1.